The van der Waals surface area contributed by atoms with Crippen LogP contribution >= 0.6 is 11.6 Å². The predicted molar refractivity (Wildman–Crippen MR) is 47.7 cm³/mol. The van der Waals surface area contributed by atoms with Crippen molar-refractivity contribution < 1.29 is 0 Å². The fourth-order valence-electron chi connectivity index (χ4n) is 2.24. The SMILES string of the molecule is [N-]=[N+]=NC1C(Cl)=CC2CCC1C2. The summed E-state index contributed by atoms with van der Waals surface area (Å²) in [6.07, 6.45) is 5.57. The van der Waals surface area contributed by atoms with Crippen LogP contribution in [0.5, 0.6) is 0 Å². The number of hydrogen-bond donors (Lipinski definition) is 0. The van der Waals surface area contributed by atoms with E-state index in [-0.39, 0.29) is 6.04 Å². The summed E-state index contributed by atoms with van der Waals surface area (Å²) in [5.74, 6) is 1.15. The van der Waals surface area contributed by atoms with Crippen LogP contribution in [0.4, 0.5) is 0 Å². The lowest BCUT2D eigenvalue weighted by Gasteiger charge is -2.22. The maximum Gasteiger partial charge on any atom is 0.0757 e. The Morgan fingerprint density at radius 2 is 2.42 bits per heavy atom. The quantitative estimate of drug-likeness (QED) is 0.341. The molecule has 0 aromatic rings. The molecule has 4 heteroatoms. The average molecular weight is 184 g/mol. The largest absolute Gasteiger partial charge is 0.0890 e. The Hall–Kier alpha value is -0.660. The zero-order valence-electron chi connectivity index (χ0n) is 6.65. The first-order valence-corrected chi connectivity index (χ1v) is 4.60. The molecule has 0 saturated heterocycles. The molecule has 2 aliphatic carbocycles. The number of hydrogen-bond acceptors (Lipinski definition) is 1. The Bertz CT molecular complexity index is 267. The van der Waals surface area contributed by atoms with E-state index >= 15 is 0 Å². The number of rotatable bonds is 1. The van der Waals surface area contributed by atoms with Gasteiger partial charge in [0.1, 0.15) is 0 Å². The van der Waals surface area contributed by atoms with E-state index in [1.54, 1.807) is 0 Å². The monoisotopic (exact) mass is 183 g/mol. The van der Waals surface area contributed by atoms with Gasteiger partial charge in [0.2, 0.25) is 0 Å². The minimum Gasteiger partial charge on any atom is -0.0890 e. The number of allylic oxidation sites excluding steroid dienone is 1. The molecular formula is C8H10ClN3. The molecule has 64 valence electrons. The minimum absolute atomic E-state index is 0.0737. The normalized spacial score (nSPS) is 38.8. The number of fused-ring (bicyclic) bond motifs is 2. The highest BCUT2D eigenvalue weighted by Crippen LogP contribution is 2.43. The first kappa shape index (κ1) is 7.96. The summed E-state index contributed by atoms with van der Waals surface area (Å²) in [6.45, 7) is 0. The zero-order chi connectivity index (χ0) is 8.55. The molecular weight excluding hydrogens is 174 g/mol. The summed E-state index contributed by atoms with van der Waals surface area (Å²) >= 11 is 5.99. The van der Waals surface area contributed by atoms with Gasteiger partial charge in [-0.1, -0.05) is 22.8 Å². The highest BCUT2D eigenvalue weighted by molar-refractivity contribution is 6.30. The fraction of sp³-hybridized carbons (Fsp3) is 0.750. The molecule has 2 bridgehead atoms. The highest BCUT2D eigenvalue weighted by Gasteiger charge is 2.35. The molecule has 0 amide bonds. The second kappa shape index (κ2) is 3.00. The Morgan fingerprint density at radius 1 is 1.58 bits per heavy atom. The van der Waals surface area contributed by atoms with Gasteiger partial charge in [-0.25, -0.2) is 0 Å². The predicted octanol–water partition coefficient (Wildman–Crippen LogP) is 3.22. The van der Waals surface area contributed by atoms with Crippen LogP contribution in [-0.4, -0.2) is 6.04 Å². The molecule has 0 N–H and O–H groups in total. The minimum atomic E-state index is -0.0737. The molecule has 0 heterocycles. The van der Waals surface area contributed by atoms with Gasteiger partial charge in [-0.3, -0.25) is 0 Å². The van der Waals surface area contributed by atoms with E-state index in [0.717, 1.165) is 17.9 Å². The van der Waals surface area contributed by atoms with Crippen LogP contribution in [-0.2, 0) is 0 Å². The molecule has 0 radical (unpaired) electrons. The van der Waals surface area contributed by atoms with E-state index < -0.39 is 0 Å². The van der Waals surface area contributed by atoms with Crippen molar-refractivity contribution in [1.82, 2.24) is 0 Å². The summed E-state index contributed by atoms with van der Waals surface area (Å²) < 4.78 is 0. The molecule has 3 unspecified atom stereocenters. The van der Waals surface area contributed by atoms with E-state index in [0.29, 0.717) is 11.8 Å². The van der Waals surface area contributed by atoms with Crippen molar-refractivity contribution in [3.8, 4) is 0 Å². The van der Waals surface area contributed by atoms with Crippen molar-refractivity contribution in [3.05, 3.63) is 21.6 Å². The van der Waals surface area contributed by atoms with Crippen molar-refractivity contribution in [2.75, 3.05) is 0 Å². The molecule has 2 aliphatic rings. The molecule has 3 nitrogen and oxygen atoms in total. The summed E-state index contributed by atoms with van der Waals surface area (Å²) in [5, 5.41) is 4.48. The van der Waals surface area contributed by atoms with Crippen molar-refractivity contribution in [1.29, 1.82) is 0 Å². The lowest BCUT2D eigenvalue weighted by molar-refractivity contribution is 0.454. The van der Waals surface area contributed by atoms with Crippen molar-refractivity contribution in [2.45, 2.75) is 25.3 Å². The zero-order valence-corrected chi connectivity index (χ0v) is 7.41. The fourth-order valence-corrected chi connectivity index (χ4v) is 2.64. The number of azide groups is 1. The summed E-state index contributed by atoms with van der Waals surface area (Å²) in [5.41, 5.74) is 8.34. The van der Waals surface area contributed by atoms with Gasteiger partial charge in [0, 0.05) is 9.94 Å². The summed E-state index contributed by atoms with van der Waals surface area (Å²) in [4.78, 5) is 2.83. The van der Waals surface area contributed by atoms with Gasteiger partial charge in [-0.2, -0.15) is 0 Å². The third-order valence-corrected chi connectivity index (χ3v) is 3.16. The van der Waals surface area contributed by atoms with E-state index in [2.05, 4.69) is 16.1 Å². The van der Waals surface area contributed by atoms with E-state index in [1.807, 2.05) is 0 Å². The highest BCUT2D eigenvalue weighted by atomic mass is 35.5. The lowest BCUT2D eigenvalue weighted by atomic mass is 9.91. The Kier molecular flexibility index (Phi) is 1.99. The summed E-state index contributed by atoms with van der Waals surface area (Å²) in [7, 11) is 0. The van der Waals surface area contributed by atoms with Crippen LogP contribution in [0.1, 0.15) is 19.3 Å². The van der Waals surface area contributed by atoms with Gasteiger partial charge < -0.3 is 0 Å². The van der Waals surface area contributed by atoms with Gasteiger partial charge >= 0.3 is 0 Å². The lowest BCUT2D eigenvalue weighted by Crippen LogP contribution is -2.19. The van der Waals surface area contributed by atoms with Crippen LogP contribution in [0, 0.1) is 11.8 Å². The van der Waals surface area contributed by atoms with Crippen molar-refractivity contribution in [2.24, 2.45) is 17.0 Å². The van der Waals surface area contributed by atoms with Gasteiger partial charge in [0.15, 0.2) is 0 Å². The molecule has 0 aromatic carbocycles. The number of halogens is 1. The van der Waals surface area contributed by atoms with Gasteiger partial charge in [0.05, 0.1) is 6.04 Å². The molecule has 0 aliphatic heterocycles. The Labute approximate surface area is 76.0 Å². The summed E-state index contributed by atoms with van der Waals surface area (Å²) in [6, 6.07) is -0.0737. The molecule has 3 atom stereocenters. The Balaban J connectivity index is 2.27. The van der Waals surface area contributed by atoms with Gasteiger partial charge in [-0.05, 0) is 36.6 Å². The molecule has 1 saturated carbocycles. The Morgan fingerprint density at radius 3 is 3.17 bits per heavy atom. The standard InChI is InChI=1S/C8H10ClN3/c9-7-4-5-1-2-6(3-5)8(7)11-12-10/h4-6,8H,1-3H2. The maximum absolute atomic E-state index is 8.34. The third-order valence-electron chi connectivity index (χ3n) is 2.81. The van der Waals surface area contributed by atoms with Crippen molar-refractivity contribution in [3.63, 3.8) is 0 Å². The molecule has 0 spiro atoms. The van der Waals surface area contributed by atoms with E-state index in [1.165, 1.54) is 6.42 Å². The molecule has 12 heavy (non-hydrogen) atoms. The third kappa shape index (κ3) is 1.19. The van der Waals surface area contributed by atoms with Gasteiger partial charge in [-0.15, -0.1) is 0 Å². The second-order valence-corrected chi connectivity index (χ2v) is 3.97. The molecule has 2 rings (SSSR count). The molecule has 0 aromatic heterocycles. The second-order valence-electron chi connectivity index (χ2n) is 3.53. The first-order chi connectivity index (χ1) is 5.81. The van der Waals surface area contributed by atoms with Gasteiger partial charge in [0.25, 0.3) is 0 Å². The van der Waals surface area contributed by atoms with Crippen LogP contribution in [0.2, 0.25) is 0 Å². The van der Waals surface area contributed by atoms with E-state index in [9.17, 15) is 0 Å². The topological polar surface area (TPSA) is 48.8 Å². The average Bonchev–Trinajstić information content (AvgIpc) is 2.43. The first-order valence-electron chi connectivity index (χ1n) is 4.22. The van der Waals surface area contributed by atoms with Crippen LogP contribution in [0.25, 0.3) is 10.4 Å². The van der Waals surface area contributed by atoms with Crippen LogP contribution in [0.3, 0.4) is 0 Å². The van der Waals surface area contributed by atoms with Crippen molar-refractivity contribution >= 4 is 11.6 Å². The van der Waals surface area contributed by atoms with Crippen LogP contribution in [0.15, 0.2) is 16.2 Å². The van der Waals surface area contributed by atoms with E-state index in [4.69, 9.17) is 17.1 Å². The maximum atomic E-state index is 8.34. The molecule has 1 fully saturated rings. The van der Waals surface area contributed by atoms with Crippen LogP contribution < -0.4 is 0 Å². The smallest absolute Gasteiger partial charge is 0.0757 e. The number of nitrogens with zero attached hydrogens (tertiary/aromatic N) is 3.